The van der Waals surface area contributed by atoms with Gasteiger partial charge in [0, 0.05) is 30.3 Å². The number of amides is 1. The van der Waals surface area contributed by atoms with Gasteiger partial charge in [-0.3, -0.25) is 9.59 Å². The number of ether oxygens (including phenoxy) is 1. The molecule has 0 saturated carbocycles. The molecule has 2 aromatic carbocycles. The first-order chi connectivity index (χ1) is 14.0. The molecule has 148 valence electrons. The Morgan fingerprint density at radius 2 is 1.76 bits per heavy atom. The lowest BCUT2D eigenvalue weighted by molar-refractivity contribution is -0.149. The van der Waals surface area contributed by atoms with Gasteiger partial charge in [0.15, 0.2) is 5.76 Å². The number of anilines is 1. The van der Waals surface area contributed by atoms with Crippen molar-refractivity contribution in [3.63, 3.8) is 0 Å². The van der Waals surface area contributed by atoms with Crippen molar-refractivity contribution in [3.05, 3.63) is 71.4 Å². The van der Waals surface area contributed by atoms with Crippen LogP contribution in [0.4, 0.5) is 5.69 Å². The lowest BCUT2D eigenvalue weighted by Crippen LogP contribution is -2.26. The van der Waals surface area contributed by atoms with Crippen molar-refractivity contribution in [1.29, 1.82) is 0 Å². The molecular formula is C23H22N2O4. The molecule has 1 aliphatic heterocycles. The fraction of sp³-hybridized carbons (Fsp3) is 0.261. The van der Waals surface area contributed by atoms with E-state index in [0.717, 1.165) is 22.4 Å². The minimum absolute atomic E-state index is 0.0173. The van der Waals surface area contributed by atoms with Gasteiger partial charge < -0.3 is 14.2 Å². The van der Waals surface area contributed by atoms with Crippen LogP contribution >= 0.6 is 0 Å². The van der Waals surface area contributed by atoms with Crippen molar-refractivity contribution in [2.45, 2.75) is 26.9 Å². The van der Waals surface area contributed by atoms with Gasteiger partial charge in [0.1, 0.15) is 12.3 Å². The quantitative estimate of drug-likeness (QED) is 0.615. The van der Waals surface area contributed by atoms with E-state index >= 15 is 0 Å². The van der Waals surface area contributed by atoms with Crippen molar-refractivity contribution in [2.24, 2.45) is 5.92 Å². The lowest BCUT2D eigenvalue weighted by Gasteiger charge is -2.16. The fourth-order valence-electron chi connectivity index (χ4n) is 3.34. The Labute approximate surface area is 169 Å². The number of carbonyl (C=O) groups excluding carboxylic acids is 2. The van der Waals surface area contributed by atoms with Crippen molar-refractivity contribution in [1.82, 2.24) is 5.16 Å². The van der Waals surface area contributed by atoms with Crippen molar-refractivity contribution in [2.75, 3.05) is 11.4 Å². The average molecular weight is 390 g/mol. The molecule has 1 amide bonds. The number of hydrogen-bond donors (Lipinski definition) is 0. The van der Waals surface area contributed by atoms with Gasteiger partial charge in [-0.1, -0.05) is 52.7 Å². The van der Waals surface area contributed by atoms with Crippen LogP contribution in [0.5, 0.6) is 0 Å². The number of carbonyl (C=O) groups is 2. The summed E-state index contributed by atoms with van der Waals surface area (Å²) in [6.07, 6.45) is 0.153. The first kappa shape index (κ1) is 18.9. The number of rotatable bonds is 5. The van der Waals surface area contributed by atoms with Crippen molar-refractivity contribution < 1.29 is 18.8 Å². The van der Waals surface area contributed by atoms with Crippen LogP contribution in [-0.2, 0) is 20.9 Å². The molecule has 6 heteroatoms. The second kappa shape index (κ2) is 7.91. The van der Waals surface area contributed by atoms with Crippen LogP contribution < -0.4 is 4.90 Å². The largest absolute Gasteiger partial charge is 0.459 e. The van der Waals surface area contributed by atoms with Gasteiger partial charge in [0.2, 0.25) is 5.91 Å². The molecule has 1 saturated heterocycles. The van der Waals surface area contributed by atoms with E-state index in [9.17, 15) is 9.59 Å². The molecule has 1 aliphatic rings. The molecule has 0 aliphatic carbocycles. The van der Waals surface area contributed by atoms with Gasteiger partial charge in [0.05, 0.1) is 5.92 Å². The number of benzene rings is 2. The van der Waals surface area contributed by atoms with Crippen LogP contribution in [0, 0.1) is 19.8 Å². The minimum atomic E-state index is -0.479. The van der Waals surface area contributed by atoms with Gasteiger partial charge >= 0.3 is 5.97 Å². The third-order valence-corrected chi connectivity index (χ3v) is 5.06. The third-order valence-electron chi connectivity index (χ3n) is 5.06. The molecule has 0 unspecified atom stereocenters. The maximum absolute atomic E-state index is 12.4. The SMILES string of the molecule is Cc1ccc(-c2cc(COC(=O)[C@H]3CC(=O)N(c4ccc(C)cc4)C3)no2)cc1. The highest BCUT2D eigenvalue weighted by Crippen LogP contribution is 2.27. The molecule has 0 bridgehead atoms. The molecule has 1 aromatic heterocycles. The zero-order valence-electron chi connectivity index (χ0n) is 16.4. The number of aryl methyl sites for hydroxylation is 2. The summed E-state index contributed by atoms with van der Waals surface area (Å²) in [5, 5.41) is 3.97. The summed E-state index contributed by atoms with van der Waals surface area (Å²) in [5.41, 5.74) is 4.53. The van der Waals surface area contributed by atoms with E-state index in [1.54, 1.807) is 11.0 Å². The van der Waals surface area contributed by atoms with E-state index in [-0.39, 0.29) is 18.9 Å². The Kier molecular flexibility index (Phi) is 5.16. The standard InChI is InChI=1S/C23H22N2O4/c1-15-3-7-17(8-4-15)21-12-19(24-29-21)14-28-23(27)18-11-22(26)25(13-18)20-9-5-16(2)6-10-20/h3-10,12,18H,11,13-14H2,1-2H3/t18-/m0/s1. The number of hydrogen-bond acceptors (Lipinski definition) is 5. The topological polar surface area (TPSA) is 72.6 Å². The highest BCUT2D eigenvalue weighted by Gasteiger charge is 2.36. The van der Waals surface area contributed by atoms with Crippen LogP contribution in [0.25, 0.3) is 11.3 Å². The van der Waals surface area contributed by atoms with E-state index in [0.29, 0.717) is 18.0 Å². The zero-order chi connectivity index (χ0) is 20.4. The Bertz CT molecular complexity index is 1020. The lowest BCUT2D eigenvalue weighted by atomic mass is 10.1. The average Bonchev–Trinajstić information content (AvgIpc) is 3.34. The molecule has 0 radical (unpaired) electrons. The normalized spacial score (nSPS) is 16.3. The van der Waals surface area contributed by atoms with Crippen molar-refractivity contribution >= 4 is 17.6 Å². The summed E-state index contributed by atoms with van der Waals surface area (Å²) in [5.74, 6) is -0.323. The van der Waals surface area contributed by atoms with E-state index in [1.807, 2.05) is 62.4 Å². The van der Waals surface area contributed by atoms with Gasteiger partial charge in [-0.2, -0.15) is 0 Å². The molecule has 29 heavy (non-hydrogen) atoms. The monoisotopic (exact) mass is 390 g/mol. The van der Waals surface area contributed by atoms with Gasteiger partial charge in [-0.15, -0.1) is 0 Å². The van der Waals surface area contributed by atoms with E-state index < -0.39 is 11.9 Å². The van der Waals surface area contributed by atoms with Gasteiger partial charge in [-0.05, 0) is 26.0 Å². The molecular weight excluding hydrogens is 368 g/mol. The highest BCUT2D eigenvalue weighted by molar-refractivity contribution is 5.99. The van der Waals surface area contributed by atoms with Crippen LogP contribution in [0.2, 0.25) is 0 Å². The van der Waals surface area contributed by atoms with Crippen LogP contribution in [0.15, 0.2) is 59.1 Å². The first-order valence-corrected chi connectivity index (χ1v) is 9.56. The Morgan fingerprint density at radius 3 is 2.45 bits per heavy atom. The van der Waals surface area contributed by atoms with Crippen LogP contribution in [-0.4, -0.2) is 23.6 Å². The predicted octanol–water partition coefficient (Wildman–Crippen LogP) is 4.05. The molecule has 2 heterocycles. The summed E-state index contributed by atoms with van der Waals surface area (Å²) in [7, 11) is 0. The summed E-state index contributed by atoms with van der Waals surface area (Å²) in [6.45, 7) is 4.35. The molecule has 3 aromatic rings. The van der Waals surface area contributed by atoms with E-state index in [2.05, 4.69) is 5.16 Å². The summed E-state index contributed by atoms with van der Waals surface area (Å²) in [6, 6.07) is 17.3. The van der Waals surface area contributed by atoms with Crippen molar-refractivity contribution in [3.8, 4) is 11.3 Å². The summed E-state index contributed by atoms with van der Waals surface area (Å²) >= 11 is 0. The molecule has 6 nitrogen and oxygen atoms in total. The summed E-state index contributed by atoms with van der Waals surface area (Å²) in [4.78, 5) is 26.4. The second-order valence-corrected chi connectivity index (χ2v) is 7.40. The zero-order valence-corrected chi connectivity index (χ0v) is 16.4. The molecule has 0 N–H and O–H groups in total. The Balaban J connectivity index is 1.35. The smallest absolute Gasteiger partial charge is 0.311 e. The first-order valence-electron chi connectivity index (χ1n) is 9.56. The second-order valence-electron chi connectivity index (χ2n) is 7.40. The number of aromatic nitrogens is 1. The van der Waals surface area contributed by atoms with E-state index in [1.165, 1.54) is 0 Å². The fourth-order valence-corrected chi connectivity index (χ4v) is 3.34. The van der Waals surface area contributed by atoms with Gasteiger partial charge in [-0.25, -0.2) is 0 Å². The van der Waals surface area contributed by atoms with Crippen LogP contribution in [0.1, 0.15) is 23.2 Å². The number of esters is 1. The third kappa shape index (κ3) is 4.21. The summed E-state index contributed by atoms with van der Waals surface area (Å²) < 4.78 is 10.7. The highest BCUT2D eigenvalue weighted by atomic mass is 16.5. The molecule has 4 rings (SSSR count). The molecule has 1 atom stereocenters. The van der Waals surface area contributed by atoms with E-state index in [4.69, 9.17) is 9.26 Å². The minimum Gasteiger partial charge on any atom is -0.459 e. The molecule has 0 spiro atoms. The Morgan fingerprint density at radius 1 is 1.10 bits per heavy atom. The molecule has 1 fully saturated rings. The Hall–Kier alpha value is -3.41. The van der Waals surface area contributed by atoms with Gasteiger partial charge in [0.25, 0.3) is 0 Å². The number of nitrogens with zero attached hydrogens (tertiary/aromatic N) is 2. The predicted molar refractivity (Wildman–Crippen MR) is 108 cm³/mol. The van der Waals surface area contributed by atoms with Crippen LogP contribution in [0.3, 0.4) is 0 Å². The maximum Gasteiger partial charge on any atom is 0.311 e. The maximum atomic E-state index is 12.4.